The quantitative estimate of drug-likeness (QED) is 0.212. The van der Waals surface area contributed by atoms with Crippen LogP contribution in [0, 0.1) is 0 Å². The number of fused-ring (bicyclic) bond motifs is 1. The van der Waals surface area contributed by atoms with E-state index in [2.05, 4.69) is 20.3 Å². The van der Waals surface area contributed by atoms with Crippen molar-refractivity contribution in [3.8, 4) is 0 Å². The van der Waals surface area contributed by atoms with Gasteiger partial charge in [-0.05, 0) is 18.6 Å². The summed E-state index contributed by atoms with van der Waals surface area (Å²) in [6.45, 7) is 4.90. The molecule has 1 atom stereocenters. The molecule has 0 aromatic heterocycles. The van der Waals surface area contributed by atoms with Crippen molar-refractivity contribution in [2.75, 3.05) is 57.9 Å². The third-order valence-electron chi connectivity index (χ3n) is 6.31. The van der Waals surface area contributed by atoms with Crippen molar-refractivity contribution in [2.24, 2.45) is 15.9 Å². The number of amides is 4. The highest BCUT2D eigenvalue weighted by molar-refractivity contribution is 6.32. The van der Waals surface area contributed by atoms with Crippen LogP contribution in [0.3, 0.4) is 0 Å². The predicted molar refractivity (Wildman–Crippen MR) is 129 cm³/mol. The van der Waals surface area contributed by atoms with Gasteiger partial charge in [-0.1, -0.05) is 6.07 Å². The van der Waals surface area contributed by atoms with Crippen LogP contribution in [0.1, 0.15) is 33.6 Å². The van der Waals surface area contributed by atoms with E-state index < -0.39 is 29.7 Å². The smallest absolute Gasteiger partial charge is 0.264 e. The van der Waals surface area contributed by atoms with Crippen molar-refractivity contribution in [2.45, 2.75) is 18.9 Å². The summed E-state index contributed by atoms with van der Waals surface area (Å²) in [5.74, 6) is 3.41. The molecule has 186 valence electrons. The van der Waals surface area contributed by atoms with Gasteiger partial charge in [-0.25, -0.2) is 0 Å². The Balaban J connectivity index is 1.44. The van der Waals surface area contributed by atoms with Crippen molar-refractivity contribution >= 4 is 41.2 Å². The Bertz CT molecular complexity index is 1080. The standard InChI is InChI=1S/C23H29N7O5/c1-28(14-15(27-24)13-25-7-8-29-9-11-35-12-10-29)17-4-2-3-16-20(17)23(34)30(22(16)33)18-5-6-19(31)26-21(18)32/h2-4,13,18H,5-12,14,24H2,1H3,(H,26,31,32). The van der Waals surface area contributed by atoms with Crippen LogP contribution in [-0.2, 0) is 14.3 Å². The second-order valence-corrected chi connectivity index (χ2v) is 8.61. The molecule has 3 aliphatic rings. The minimum Gasteiger partial charge on any atom is -0.379 e. The maximum Gasteiger partial charge on any atom is 0.264 e. The van der Waals surface area contributed by atoms with E-state index in [1.165, 1.54) is 0 Å². The van der Waals surface area contributed by atoms with E-state index in [-0.39, 0.29) is 30.5 Å². The van der Waals surface area contributed by atoms with Crippen molar-refractivity contribution in [1.29, 1.82) is 0 Å². The van der Waals surface area contributed by atoms with Gasteiger partial charge >= 0.3 is 0 Å². The number of nitrogens with zero attached hydrogens (tertiary/aromatic N) is 5. The van der Waals surface area contributed by atoms with Crippen molar-refractivity contribution < 1.29 is 23.9 Å². The monoisotopic (exact) mass is 483 g/mol. The molecule has 12 nitrogen and oxygen atoms in total. The second kappa shape index (κ2) is 10.7. The topological polar surface area (TPSA) is 150 Å². The number of morpholine rings is 1. The highest BCUT2D eigenvalue weighted by atomic mass is 16.5. The number of carbonyl (C=O) groups excluding carboxylic acids is 4. The van der Waals surface area contributed by atoms with Gasteiger partial charge in [-0.2, -0.15) is 5.10 Å². The molecule has 1 aromatic carbocycles. The molecule has 4 rings (SSSR count). The van der Waals surface area contributed by atoms with Gasteiger partial charge in [0.2, 0.25) is 11.8 Å². The first-order valence-electron chi connectivity index (χ1n) is 11.5. The van der Waals surface area contributed by atoms with Gasteiger partial charge in [-0.15, -0.1) is 0 Å². The lowest BCUT2D eigenvalue weighted by molar-refractivity contribution is -0.136. The molecule has 0 spiro atoms. The summed E-state index contributed by atoms with van der Waals surface area (Å²) in [7, 11) is 1.76. The number of ether oxygens (including phenoxy) is 1. The average molecular weight is 484 g/mol. The zero-order valence-electron chi connectivity index (χ0n) is 19.6. The molecule has 3 heterocycles. The van der Waals surface area contributed by atoms with E-state index >= 15 is 0 Å². The van der Waals surface area contributed by atoms with E-state index in [4.69, 9.17) is 10.6 Å². The molecule has 0 bridgehead atoms. The lowest BCUT2D eigenvalue weighted by atomic mass is 10.0. The molecule has 1 aromatic rings. The van der Waals surface area contributed by atoms with Crippen LogP contribution in [0.2, 0.25) is 0 Å². The molecule has 0 aliphatic carbocycles. The van der Waals surface area contributed by atoms with Crippen LogP contribution in [0.4, 0.5) is 5.69 Å². The van der Waals surface area contributed by atoms with Crippen molar-refractivity contribution in [3.05, 3.63) is 29.3 Å². The van der Waals surface area contributed by atoms with Gasteiger partial charge in [0.1, 0.15) is 6.04 Å². The molecule has 35 heavy (non-hydrogen) atoms. The summed E-state index contributed by atoms with van der Waals surface area (Å²) in [6, 6.07) is 3.95. The van der Waals surface area contributed by atoms with Crippen LogP contribution in [-0.4, -0.2) is 104 Å². The summed E-state index contributed by atoms with van der Waals surface area (Å²) >= 11 is 0. The number of aliphatic imine (C=N–C) groups is 1. The molecule has 0 saturated carbocycles. The first-order chi connectivity index (χ1) is 16.9. The molecule has 0 radical (unpaired) electrons. The summed E-state index contributed by atoms with van der Waals surface area (Å²) in [4.78, 5) is 59.6. The molecule has 2 fully saturated rings. The SMILES string of the molecule is CN(CC(C=NCCN1CCOCC1)=NN)c1cccc2c1C(=O)N(C1CCC(=O)NC1=O)C2=O. The fourth-order valence-electron chi connectivity index (χ4n) is 4.45. The lowest BCUT2D eigenvalue weighted by Crippen LogP contribution is -2.54. The molecule has 1 unspecified atom stereocenters. The minimum absolute atomic E-state index is 0.0672. The molecule has 3 N–H and O–H groups in total. The van der Waals surface area contributed by atoms with Gasteiger partial charge in [0, 0.05) is 39.3 Å². The molecule has 4 amide bonds. The third-order valence-corrected chi connectivity index (χ3v) is 6.31. The average Bonchev–Trinajstić information content (AvgIpc) is 3.11. The number of hydrogen-bond acceptors (Lipinski definition) is 10. The van der Waals surface area contributed by atoms with E-state index in [1.54, 1.807) is 36.4 Å². The summed E-state index contributed by atoms with van der Waals surface area (Å²) < 4.78 is 5.34. The number of anilines is 1. The number of nitrogens with one attached hydrogen (secondary N) is 1. The highest BCUT2D eigenvalue weighted by Crippen LogP contribution is 2.33. The lowest BCUT2D eigenvalue weighted by Gasteiger charge is -2.28. The van der Waals surface area contributed by atoms with Crippen molar-refractivity contribution in [1.82, 2.24) is 15.1 Å². The van der Waals surface area contributed by atoms with E-state index in [9.17, 15) is 19.2 Å². The number of piperidine rings is 1. The van der Waals surface area contributed by atoms with Crippen LogP contribution in [0.5, 0.6) is 0 Å². The molecular formula is C23H29N7O5. The van der Waals surface area contributed by atoms with Gasteiger partial charge in [0.15, 0.2) is 0 Å². The number of imide groups is 2. The Morgan fingerprint density at radius 2 is 2.00 bits per heavy atom. The normalized spacial score (nSPS) is 21.6. The fraction of sp³-hybridized carbons (Fsp3) is 0.478. The Morgan fingerprint density at radius 3 is 2.71 bits per heavy atom. The van der Waals surface area contributed by atoms with Crippen LogP contribution in [0.15, 0.2) is 28.3 Å². The Labute approximate surface area is 202 Å². The van der Waals surface area contributed by atoms with E-state index in [1.807, 2.05) is 0 Å². The number of rotatable bonds is 8. The first kappa shape index (κ1) is 24.5. The number of nitrogens with two attached hydrogens (primary N) is 1. The Hall–Kier alpha value is -3.64. The minimum atomic E-state index is -1.02. The Morgan fingerprint density at radius 1 is 1.23 bits per heavy atom. The molecule has 3 aliphatic heterocycles. The number of hydrogen-bond donors (Lipinski definition) is 2. The second-order valence-electron chi connectivity index (χ2n) is 8.61. The molecule has 12 heteroatoms. The number of benzene rings is 1. The van der Waals surface area contributed by atoms with Gasteiger partial charge in [0.05, 0.1) is 48.8 Å². The zero-order valence-corrected chi connectivity index (χ0v) is 19.6. The third kappa shape index (κ3) is 5.23. The maximum absolute atomic E-state index is 13.3. The van der Waals surface area contributed by atoms with Crippen LogP contribution < -0.4 is 16.1 Å². The largest absolute Gasteiger partial charge is 0.379 e. The Kier molecular flexibility index (Phi) is 7.51. The fourth-order valence-corrected chi connectivity index (χ4v) is 4.45. The van der Waals surface area contributed by atoms with Crippen LogP contribution in [0.25, 0.3) is 0 Å². The summed E-state index contributed by atoms with van der Waals surface area (Å²) in [6.07, 6.45) is 1.78. The summed E-state index contributed by atoms with van der Waals surface area (Å²) in [5.41, 5.74) is 1.45. The predicted octanol–water partition coefficient (Wildman–Crippen LogP) is -0.758. The zero-order chi connectivity index (χ0) is 24.9. The van der Waals surface area contributed by atoms with Crippen LogP contribution >= 0.6 is 0 Å². The first-order valence-corrected chi connectivity index (χ1v) is 11.5. The van der Waals surface area contributed by atoms with Crippen molar-refractivity contribution in [3.63, 3.8) is 0 Å². The van der Waals surface area contributed by atoms with Gasteiger partial charge < -0.3 is 15.5 Å². The van der Waals surface area contributed by atoms with Gasteiger partial charge in [0.25, 0.3) is 11.8 Å². The van der Waals surface area contributed by atoms with E-state index in [0.717, 1.165) is 37.7 Å². The molecular weight excluding hydrogens is 454 g/mol. The molecule has 2 saturated heterocycles. The van der Waals surface area contributed by atoms with Gasteiger partial charge in [-0.3, -0.25) is 39.3 Å². The summed E-state index contributed by atoms with van der Waals surface area (Å²) in [5, 5.41) is 6.02. The van der Waals surface area contributed by atoms with E-state index in [0.29, 0.717) is 17.9 Å². The highest BCUT2D eigenvalue weighted by Gasteiger charge is 2.45. The number of hydrazone groups is 1. The number of carbonyl (C=O) groups is 4. The maximum atomic E-state index is 13.3.